The average Bonchev–Trinajstić information content (AvgIpc) is 2.53. The highest BCUT2D eigenvalue weighted by Crippen LogP contribution is 2.13. The van der Waals surface area contributed by atoms with E-state index >= 15 is 0 Å². The number of nitriles is 1. The third kappa shape index (κ3) is 4.03. The normalized spacial score (nSPS) is 12.3. The number of halogens is 1. The minimum atomic E-state index is -0.483. The van der Waals surface area contributed by atoms with Gasteiger partial charge in [0.2, 0.25) is 0 Å². The van der Waals surface area contributed by atoms with E-state index in [4.69, 9.17) is 5.26 Å². The first-order valence-electron chi connectivity index (χ1n) is 6.83. The first-order chi connectivity index (χ1) is 10.6. The van der Waals surface area contributed by atoms with Crippen molar-refractivity contribution in [3.8, 4) is 6.07 Å². The van der Waals surface area contributed by atoms with Gasteiger partial charge in [0.15, 0.2) is 0 Å². The zero-order valence-corrected chi connectivity index (χ0v) is 12.1. The van der Waals surface area contributed by atoms with Gasteiger partial charge in [-0.05, 0) is 36.3 Å². The number of hydrogen-bond donors (Lipinski definition) is 1. The molecule has 0 unspecified atom stereocenters. The minimum Gasteiger partial charge on any atom is -0.345 e. The van der Waals surface area contributed by atoms with E-state index in [-0.39, 0.29) is 11.6 Å². The van der Waals surface area contributed by atoms with E-state index in [0.29, 0.717) is 5.56 Å². The van der Waals surface area contributed by atoms with Gasteiger partial charge in [0, 0.05) is 0 Å². The zero-order chi connectivity index (χ0) is 15.9. The standard InChI is InChI=1S/C18H15FN2O/c1-13(15-7-3-2-4-8-15)21-18(22)16(12-20)10-14-6-5-9-17(19)11-14/h2-11,13H,1H3,(H,21,22)/b16-10+/t13-/m0/s1. The molecule has 0 aromatic heterocycles. The molecule has 0 spiro atoms. The second kappa shape index (κ2) is 7.19. The lowest BCUT2D eigenvalue weighted by Crippen LogP contribution is -2.27. The summed E-state index contributed by atoms with van der Waals surface area (Å²) >= 11 is 0. The lowest BCUT2D eigenvalue weighted by molar-refractivity contribution is -0.117. The molecule has 110 valence electrons. The Labute approximate surface area is 128 Å². The fraction of sp³-hybridized carbons (Fsp3) is 0.111. The highest BCUT2D eigenvalue weighted by atomic mass is 19.1. The molecule has 0 saturated heterocycles. The Kier molecular flexibility index (Phi) is 5.05. The molecule has 0 aliphatic heterocycles. The first-order valence-corrected chi connectivity index (χ1v) is 6.83. The Morgan fingerprint density at radius 3 is 2.59 bits per heavy atom. The second-order valence-corrected chi connectivity index (χ2v) is 4.83. The molecule has 0 aliphatic carbocycles. The molecular weight excluding hydrogens is 279 g/mol. The summed E-state index contributed by atoms with van der Waals surface area (Å²) in [5.74, 6) is -0.896. The van der Waals surface area contributed by atoms with E-state index in [9.17, 15) is 9.18 Å². The van der Waals surface area contributed by atoms with Gasteiger partial charge in [-0.1, -0.05) is 42.5 Å². The number of rotatable bonds is 4. The molecule has 2 aromatic rings. The fourth-order valence-electron chi connectivity index (χ4n) is 2.01. The van der Waals surface area contributed by atoms with E-state index in [1.54, 1.807) is 6.07 Å². The maximum absolute atomic E-state index is 13.1. The van der Waals surface area contributed by atoms with E-state index in [0.717, 1.165) is 5.56 Å². The average molecular weight is 294 g/mol. The summed E-state index contributed by atoms with van der Waals surface area (Å²) in [6, 6.07) is 16.8. The molecule has 1 N–H and O–H groups in total. The van der Waals surface area contributed by atoms with Gasteiger partial charge >= 0.3 is 0 Å². The smallest absolute Gasteiger partial charge is 0.262 e. The maximum Gasteiger partial charge on any atom is 0.262 e. The number of carbonyl (C=O) groups excluding carboxylic acids is 1. The van der Waals surface area contributed by atoms with Crippen molar-refractivity contribution in [3.63, 3.8) is 0 Å². The van der Waals surface area contributed by atoms with Crippen molar-refractivity contribution >= 4 is 12.0 Å². The largest absolute Gasteiger partial charge is 0.345 e. The number of benzene rings is 2. The van der Waals surface area contributed by atoms with E-state index in [2.05, 4.69) is 5.32 Å². The van der Waals surface area contributed by atoms with Gasteiger partial charge in [-0.2, -0.15) is 5.26 Å². The number of carbonyl (C=O) groups is 1. The van der Waals surface area contributed by atoms with Gasteiger partial charge in [0.1, 0.15) is 17.5 Å². The van der Waals surface area contributed by atoms with E-state index in [1.807, 2.05) is 43.3 Å². The van der Waals surface area contributed by atoms with E-state index < -0.39 is 11.7 Å². The molecule has 3 nitrogen and oxygen atoms in total. The van der Waals surface area contributed by atoms with Gasteiger partial charge in [-0.15, -0.1) is 0 Å². The van der Waals surface area contributed by atoms with Crippen LogP contribution in [0.3, 0.4) is 0 Å². The van der Waals surface area contributed by atoms with Crippen LogP contribution in [0.1, 0.15) is 24.1 Å². The van der Waals surface area contributed by atoms with Crippen LogP contribution in [0.4, 0.5) is 4.39 Å². The van der Waals surface area contributed by atoms with Crippen LogP contribution in [0.25, 0.3) is 6.08 Å². The zero-order valence-electron chi connectivity index (χ0n) is 12.1. The fourth-order valence-corrected chi connectivity index (χ4v) is 2.01. The lowest BCUT2D eigenvalue weighted by Gasteiger charge is -2.13. The minimum absolute atomic E-state index is 0.0617. The molecule has 0 saturated carbocycles. The van der Waals surface area contributed by atoms with Gasteiger partial charge < -0.3 is 5.32 Å². The molecular formula is C18H15FN2O. The van der Waals surface area contributed by atoms with Crippen LogP contribution in [-0.4, -0.2) is 5.91 Å². The predicted octanol–water partition coefficient (Wildman–Crippen LogP) is 3.61. The van der Waals surface area contributed by atoms with Crippen molar-refractivity contribution < 1.29 is 9.18 Å². The molecule has 1 atom stereocenters. The molecule has 2 aromatic carbocycles. The van der Waals surface area contributed by atoms with E-state index in [1.165, 1.54) is 24.3 Å². The van der Waals surface area contributed by atoms with Crippen molar-refractivity contribution in [2.45, 2.75) is 13.0 Å². The van der Waals surface area contributed by atoms with Crippen molar-refractivity contribution in [1.82, 2.24) is 5.32 Å². The molecule has 0 radical (unpaired) electrons. The summed E-state index contributed by atoms with van der Waals surface area (Å²) in [5, 5.41) is 11.9. The SMILES string of the molecule is C[C@H](NC(=O)/C(C#N)=C/c1cccc(F)c1)c1ccccc1. The highest BCUT2D eigenvalue weighted by molar-refractivity contribution is 6.01. The summed E-state index contributed by atoms with van der Waals surface area (Å²) < 4.78 is 13.1. The van der Waals surface area contributed by atoms with Gasteiger partial charge in [-0.3, -0.25) is 4.79 Å². The van der Waals surface area contributed by atoms with Crippen LogP contribution < -0.4 is 5.32 Å². The summed E-state index contributed by atoms with van der Waals surface area (Å²) in [7, 11) is 0. The molecule has 0 aliphatic rings. The van der Waals surface area contributed by atoms with Crippen molar-refractivity contribution in [1.29, 1.82) is 5.26 Å². The molecule has 0 heterocycles. The summed E-state index contributed by atoms with van der Waals surface area (Å²) in [6.07, 6.45) is 1.37. The van der Waals surface area contributed by atoms with Crippen LogP contribution in [0.2, 0.25) is 0 Å². The molecule has 4 heteroatoms. The molecule has 22 heavy (non-hydrogen) atoms. The first kappa shape index (κ1) is 15.5. The number of nitrogens with zero attached hydrogens (tertiary/aromatic N) is 1. The summed E-state index contributed by atoms with van der Waals surface area (Å²) in [4.78, 5) is 12.2. The number of nitrogens with one attached hydrogen (secondary N) is 1. The third-order valence-electron chi connectivity index (χ3n) is 3.17. The number of hydrogen-bond acceptors (Lipinski definition) is 2. The van der Waals surface area contributed by atoms with Gasteiger partial charge in [0.05, 0.1) is 6.04 Å². The molecule has 1 amide bonds. The predicted molar refractivity (Wildman–Crippen MR) is 83.0 cm³/mol. The van der Waals surface area contributed by atoms with Gasteiger partial charge in [0.25, 0.3) is 5.91 Å². The van der Waals surface area contributed by atoms with Crippen molar-refractivity contribution in [2.24, 2.45) is 0 Å². The topological polar surface area (TPSA) is 52.9 Å². The van der Waals surface area contributed by atoms with Crippen LogP contribution in [0.15, 0.2) is 60.2 Å². The Bertz CT molecular complexity index is 732. The quantitative estimate of drug-likeness (QED) is 0.692. The van der Waals surface area contributed by atoms with Crippen molar-refractivity contribution in [2.75, 3.05) is 0 Å². The molecule has 0 fully saturated rings. The summed E-state index contributed by atoms with van der Waals surface area (Å²) in [5.41, 5.74) is 1.35. The Morgan fingerprint density at radius 1 is 1.23 bits per heavy atom. The summed E-state index contributed by atoms with van der Waals surface area (Å²) in [6.45, 7) is 1.84. The Hall–Kier alpha value is -2.93. The maximum atomic E-state index is 13.1. The van der Waals surface area contributed by atoms with Crippen LogP contribution >= 0.6 is 0 Å². The highest BCUT2D eigenvalue weighted by Gasteiger charge is 2.13. The molecule has 0 bridgehead atoms. The third-order valence-corrected chi connectivity index (χ3v) is 3.17. The Balaban J connectivity index is 2.14. The van der Waals surface area contributed by atoms with Gasteiger partial charge in [-0.25, -0.2) is 4.39 Å². The lowest BCUT2D eigenvalue weighted by atomic mass is 10.1. The number of amides is 1. The molecule has 2 rings (SSSR count). The van der Waals surface area contributed by atoms with Crippen LogP contribution in [0.5, 0.6) is 0 Å². The Morgan fingerprint density at radius 2 is 1.95 bits per heavy atom. The van der Waals surface area contributed by atoms with Crippen LogP contribution in [-0.2, 0) is 4.79 Å². The van der Waals surface area contributed by atoms with Crippen molar-refractivity contribution in [3.05, 3.63) is 77.1 Å². The second-order valence-electron chi connectivity index (χ2n) is 4.83. The van der Waals surface area contributed by atoms with Crippen LogP contribution in [0, 0.1) is 17.1 Å². The monoisotopic (exact) mass is 294 g/mol.